The molecule has 33 heavy (non-hydrogen) atoms. The number of amides is 3. The predicted octanol–water partition coefficient (Wildman–Crippen LogP) is 1.28. The summed E-state index contributed by atoms with van der Waals surface area (Å²) in [5.41, 5.74) is 2.63. The molecule has 2 aromatic carbocycles. The van der Waals surface area contributed by atoms with Crippen molar-refractivity contribution >= 4 is 35.1 Å². The first-order valence-electron chi connectivity index (χ1n) is 9.73. The molecule has 0 aliphatic carbocycles. The van der Waals surface area contributed by atoms with Crippen LogP contribution in [-0.4, -0.2) is 53.9 Å². The number of nitrogens with zero attached hydrogens (tertiary/aromatic N) is 2. The molecule has 0 aromatic heterocycles. The van der Waals surface area contributed by atoms with Gasteiger partial charge >= 0.3 is 5.97 Å². The summed E-state index contributed by atoms with van der Waals surface area (Å²) in [4.78, 5) is 59.2. The largest absolute Gasteiger partial charge is 0.496 e. The van der Waals surface area contributed by atoms with Gasteiger partial charge in [-0.2, -0.15) is 0 Å². The molecule has 1 aliphatic heterocycles. The van der Waals surface area contributed by atoms with Crippen LogP contribution >= 0.6 is 0 Å². The highest BCUT2D eigenvalue weighted by Crippen LogP contribution is 2.21. The third kappa shape index (κ3) is 5.81. The van der Waals surface area contributed by atoms with Crippen molar-refractivity contribution in [2.24, 2.45) is 5.92 Å². The molecule has 3 rings (SSSR count). The van der Waals surface area contributed by atoms with E-state index in [1.165, 1.54) is 31.4 Å². The van der Waals surface area contributed by atoms with E-state index in [-0.39, 0.29) is 29.9 Å². The smallest absolute Gasteiger partial charge is 0.311 e. The van der Waals surface area contributed by atoms with Crippen LogP contribution in [0.25, 0.3) is 0 Å². The standard InChI is InChI=1S/C21H20N4O8/c1-32-17-8-3-2-7-16(17)20(28)23-24-11-13(9-19(24)27)21(29)33-12-18(26)22-14-5-4-6-15(10-14)25(30)31/h2-8,10,13H,9,11-12H2,1H3,(H,22,26)(H,23,28)/t13-/m0/s1. The highest BCUT2D eigenvalue weighted by molar-refractivity contribution is 5.99. The van der Waals surface area contributed by atoms with Crippen molar-refractivity contribution in [1.29, 1.82) is 0 Å². The average Bonchev–Trinajstić information content (AvgIpc) is 3.17. The maximum atomic E-state index is 12.5. The number of anilines is 1. The minimum absolute atomic E-state index is 0.120. The van der Waals surface area contributed by atoms with Crippen LogP contribution in [0, 0.1) is 16.0 Å². The topological polar surface area (TPSA) is 157 Å². The number of nitrogens with one attached hydrogen (secondary N) is 2. The number of benzene rings is 2. The van der Waals surface area contributed by atoms with Crippen molar-refractivity contribution in [2.45, 2.75) is 6.42 Å². The van der Waals surface area contributed by atoms with Gasteiger partial charge in [-0.3, -0.25) is 39.7 Å². The number of methoxy groups -OCH3 is 1. The Morgan fingerprint density at radius 2 is 1.94 bits per heavy atom. The number of para-hydroxylation sites is 1. The van der Waals surface area contributed by atoms with Crippen LogP contribution in [-0.2, 0) is 19.1 Å². The second kappa shape index (κ2) is 10.2. The zero-order valence-electron chi connectivity index (χ0n) is 17.5. The number of hydrazine groups is 1. The lowest BCUT2D eigenvalue weighted by molar-refractivity contribution is -0.384. The normalized spacial score (nSPS) is 15.0. The summed E-state index contributed by atoms with van der Waals surface area (Å²) >= 11 is 0. The quantitative estimate of drug-likeness (QED) is 0.342. The van der Waals surface area contributed by atoms with Gasteiger partial charge in [0, 0.05) is 24.2 Å². The molecule has 3 amide bonds. The zero-order valence-corrected chi connectivity index (χ0v) is 17.5. The van der Waals surface area contributed by atoms with Crippen molar-refractivity contribution in [3.05, 3.63) is 64.2 Å². The third-order valence-electron chi connectivity index (χ3n) is 4.73. The van der Waals surface area contributed by atoms with Gasteiger partial charge in [0.25, 0.3) is 17.5 Å². The molecule has 0 saturated carbocycles. The maximum absolute atomic E-state index is 12.5. The first-order chi connectivity index (χ1) is 15.8. The van der Waals surface area contributed by atoms with Gasteiger partial charge < -0.3 is 14.8 Å². The number of hydrogen-bond acceptors (Lipinski definition) is 8. The van der Waals surface area contributed by atoms with E-state index in [4.69, 9.17) is 9.47 Å². The molecule has 0 unspecified atom stereocenters. The van der Waals surface area contributed by atoms with Gasteiger partial charge in [0.15, 0.2) is 6.61 Å². The van der Waals surface area contributed by atoms with Crippen molar-refractivity contribution in [3.63, 3.8) is 0 Å². The molecule has 2 N–H and O–H groups in total. The van der Waals surface area contributed by atoms with E-state index in [0.717, 1.165) is 11.1 Å². The predicted molar refractivity (Wildman–Crippen MR) is 113 cm³/mol. The monoisotopic (exact) mass is 456 g/mol. The molecule has 172 valence electrons. The van der Waals surface area contributed by atoms with E-state index in [1.807, 2.05) is 0 Å². The number of nitro benzene ring substituents is 1. The van der Waals surface area contributed by atoms with Gasteiger partial charge in [-0.15, -0.1) is 0 Å². The van der Waals surface area contributed by atoms with Crippen molar-refractivity contribution < 1.29 is 33.6 Å². The fraction of sp³-hybridized carbons (Fsp3) is 0.238. The van der Waals surface area contributed by atoms with E-state index >= 15 is 0 Å². The van der Waals surface area contributed by atoms with Crippen LogP contribution in [0.4, 0.5) is 11.4 Å². The van der Waals surface area contributed by atoms with Crippen molar-refractivity contribution in [1.82, 2.24) is 10.4 Å². The first-order valence-corrected chi connectivity index (χ1v) is 9.73. The SMILES string of the molecule is COc1ccccc1C(=O)NN1C[C@@H](C(=O)OCC(=O)Nc2cccc([N+](=O)[O-])c2)CC1=O. The number of carbonyl (C=O) groups is 4. The number of ether oxygens (including phenoxy) is 2. The molecule has 1 saturated heterocycles. The van der Waals surface area contributed by atoms with Gasteiger partial charge in [0.05, 0.1) is 30.1 Å². The summed E-state index contributed by atoms with van der Waals surface area (Å²) < 4.78 is 10.1. The molecule has 12 heteroatoms. The number of hydrogen-bond donors (Lipinski definition) is 2. The summed E-state index contributed by atoms with van der Waals surface area (Å²) in [6.45, 7) is -0.759. The maximum Gasteiger partial charge on any atom is 0.311 e. The summed E-state index contributed by atoms with van der Waals surface area (Å²) in [7, 11) is 1.41. The Bertz CT molecular complexity index is 1100. The van der Waals surface area contributed by atoms with E-state index in [9.17, 15) is 29.3 Å². The molecule has 0 radical (unpaired) electrons. The second-order valence-electron chi connectivity index (χ2n) is 7.01. The number of nitro groups is 1. The van der Waals surface area contributed by atoms with E-state index in [2.05, 4.69) is 10.7 Å². The Labute approximate surface area is 187 Å². The van der Waals surface area contributed by atoms with Gasteiger partial charge in [0.1, 0.15) is 5.75 Å². The Morgan fingerprint density at radius 3 is 2.67 bits per heavy atom. The molecular weight excluding hydrogens is 436 g/mol. The lowest BCUT2D eigenvalue weighted by atomic mass is 10.1. The van der Waals surface area contributed by atoms with Gasteiger partial charge in [-0.1, -0.05) is 18.2 Å². The van der Waals surface area contributed by atoms with Crippen LogP contribution in [0.2, 0.25) is 0 Å². The van der Waals surface area contributed by atoms with Gasteiger partial charge in [-0.25, -0.2) is 0 Å². The van der Waals surface area contributed by atoms with Crippen LogP contribution in [0.15, 0.2) is 48.5 Å². The first kappa shape index (κ1) is 23.2. The van der Waals surface area contributed by atoms with Crippen LogP contribution < -0.4 is 15.5 Å². The molecule has 1 fully saturated rings. The fourth-order valence-corrected chi connectivity index (χ4v) is 3.14. The van der Waals surface area contributed by atoms with Crippen LogP contribution in [0.3, 0.4) is 0 Å². The van der Waals surface area contributed by atoms with E-state index < -0.39 is 41.1 Å². The highest BCUT2D eigenvalue weighted by Gasteiger charge is 2.37. The van der Waals surface area contributed by atoms with Gasteiger partial charge in [-0.05, 0) is 18.2 Å². The number of esters is 1. The highest BCUT2D eigenvalue weighted by atomic mass is 16.6. The summed E-state index contributed by atoms with van der Waals surface area (Å²) in [5.74, 6) is -3.10. The molecule has 1 heterocycles. The molecule has 0 spiro atoms. The minimum Gasteiger partial charge on any atom is -0.496 e. The zero-order chi connectivity index (χ0) is 24.0. The minimum atomic E-state index is -0.874. The Hall–Kier alpha value is -4.48. The Kier molecular flexibility index (Phi) is 7.18. The number of rotatable bonds is 8. The van der Waals surface area contributed by atoms with Crippen LogP contribution in [0.1, 0.15) is 16.8 Å². The van der Waals surface area contributed by atoms with Crippen molar-refractivity contribution in [2.75, 3.05) is 25.6 Å². The van der Waals surface area contributed by atoms with E-state index in [1.54, 1.807) is 18.2 Å². The molecule has 2 aromatic rings. The molecular formula is C21H20N4O8. The number of carbonyl (C=O) groups excluding carboxylic acids is 4. The van der Waals surface area contributed by atoms with Gasteiger partial charge in [0.2, 0.25) is 5.91 Å². The Balaban J connectivity index is 1.50. The molecule has 1 atom stereocenters. The van der Waals surface area contributed by atoms with Crippen LogP contribution in [0.5, 0.6) is 5.75 Å². The molecule has 0 bridgehead atoms. The summed E-state index contributed by atoms with van der Waals surface area (Å²) in [6.07, 6.45) is -0.197. The molecule has 1 aliphatic rings. The average molecular weight is 456 g/mol. The third-order valence-corrected chi connectivity index (χ3v) is 4.73. The number of non-ortho nitro benzene ring substituents is 1. The fourth-order valence-electron chi connectivity index (χ4n) is 3.14. The second-order valence-corrected chi connectivity index (χ2v) is 7.01. The van der Waals surface area contributed by atoms with Crippen molar-refractivity contribution in [3.8, 4) is 5.75 Å². The lowest BCUT2D eigenvalue weighted by Crippen LogP contribution is -2.43. The summed E-state index contributed by atoms with van der Waals surface area (Å²) in [5, 5.41) is 14.2. The summed E-state index contributed by atoms with van der Waals surface area (Å²) in [6, 6.07) is 11.7. The molecule has 12 nitrogen and oxygen atoms in total. The van der Waals surface area contributed by atoms with E-state index in [0.29, 0.717) is 5.75 Å². The Morgan fingerprint density at radius 1 is 1.18 bits per heavy atom. The lowest BCUT2D eigenvalue weighted by Gasteiger charge is -2.18.